The van der Waals surface area contributed by atoms with Crippen molar-refractivity contribution in [1.29, 1.82) is 0 Å². The molecule has 0 aliphatic carbocycles. The lowest BCUT2D eigenvalue weighted by molar-refractivity contribution is -0.134. The molecule has 0 bridgehead atoms. The van der Waals surface area contributed by atoms with E-state index in [-0.39, 0.29) is 17.7 Å². The van der Waals surface area contributed by atoms with Gasteiger partial charge in [0.25, 0.3) is 0 Å². The third-order valence-corrected chi connectivity index (χ3v) is 4.31. The number of hydrogen-bond donors (Lipinski definition) is 1. The maximum Gasteiger partial charge on any atom is 0.226 e. The van der Waals surface area contributed by atoms with Crippen LogP contribution in [0.1, 0.15) is 18.4 Å². The molecule has 1 fully saturated rings. The van der Waals surface area contributed by atoms with Crippen molar-refractivity contribution in [3.05, 3.63) is 48.3 Å². The van der Waals surface area contributed by atoms with E-state index >= 15 is 0 Å². The Morgan fingerprint density at radius 3 is 2.43 bits per heavy atom. The van der Waals surface area contributed by atoms with E-state index in [0.717, 1.165) is 11.3 Å². The number of carbonyl (C=O) groups excluding carboxylic acids is 2. The monoisotopic (exact) mass is 312 g/mol. The molecule has 0 spiro atoms. The smallest absolute Gasteiger partial charge is 0.226 e. The van der Waals surface area contributed by atoms with Crippen molar-refractivity contribution in [3.8, 4) is 5.69 Å². The molecule has 6 heteroatoms. The van der Waals surface area contributed by atoms with Crippen LogP contribution in [0.25, 0.3) is 5.69 Å². The van der Waals surface area contributed by atoms with Crippen molar-refractivity contribution in [2.24, 2.45) is 11.7 Å². The Morgan fingerprint density at radius 1 is 1.17 bits per heavy atom. The Bertz CT molecular complexity index is 671. The van der Waals surface area contributed by atoms with Gasteiger partial charge in [0.1, 0.15) is 0 Å². The van der Waals surface area contributed by atoms with Crippen molar-refractivity contribution >= 4 is 11.8 Å². The van der Waals surface area contributed by atoms with Crippen LogP contribution in [-0.2, 0) is 16.0 Å². The fraction of sp³-hybridized carbons (Fsp3) is 0.353. The highest BCUT2D eigenvalue weighted by Crippen LogP contribution is 2.18. The van der Waals surface area contributed by atoms with Crippen molar-refractivity contribution in [2.75, 3.05) is 13.1 Å². The van der Waals surface area contributed by atoms with E-state index in [9.17, 15) is 9.59 Å². The summed E-state index contributed by atoms with van der Waals surface area (Å²) < 4.78 is 1.78. The fourth-order valence-corrected chi connectivity index (χ4v) is 2.89. The van der Waals surface area contributed by atoms with Crippen molar-refractivity contribution in [2.45, 2.75) is 19.3 Å². The molecule has 0 atom stereocenters. The number of likely N-dealkylation sites (tertiary alicyclic amines) is 1. The van der Waals surface area contributed by atoms with E-state index < -0.39 is 0 Å². The Labute approximate surface area is 134 Å². The van der Waals surface area contributed by atoms with Crippen LogP contribution in [0.4, 0.5) is 0 Å². The van der Waals surface area contributed by atoms with Gasteiger partial charge >= 0.3 is 0 Å². The first-order valence-corrected chi connectivity index (χ1v) is 7.79. The van der Waals surface area contributed by atoms with E-state index in [1.54, 1.807) is 10.9 Å². The molecule has 2 N–H and O–H groups in total. The highest BCUT2D eigenvalue weighted by atomic mass is 16.2. The Balaban J connectivity index is 1.57. The molecule has 6 nitrogen and oxygen atoms in total. The average molecular weight is 312 g/mol. The van der Waals surface area contributed by atoms with Gasteiger partial charge in [0.15, 0.2) is 0 Å². The van der Waals surface area contributed by atoms with Gasteiger partial charge in [-0.3, -0.25) is 9.59 Å². The molecule has 3 rings (SSSR count). The first-order valence-electron chi connectivity index (χ1n) is 7.79. The minimum absolute atomic E-state index is 0.0904. The normalized spacial score (nSPS) is 15.6. The Kier molecular flexibility index (Phi) is 4.41. The highest BCUT2D eigenvalue weighted by molar-refractivity contribution is 5.80. The van der Waals surface area contributed by atoms with Crippen LogP contribution in [-0.4, -0.2) is 39.6 Å². The summed E-state index contributed by atoms with van der Waals surface area (Å²) in [6.45, 7) is 1.22. The number of nitrogens with zero attached hydrogens (tertiary/aromatic N) is 3. The van der Waals surface area contributed by atoms with Crippen LogP contribution in [0, 0.1) is 5.92 Å². The molecular weight excluding hydrogens is 292 g/mol. The molecule has 1 aliphatic heterocycles. The largest absolute Gasteiger partial charge is 0.369 e. The number of aromatic nitrogens is 2. The van der Waals surface area contributed by atoms with E-state index in [1.807, 2.05) is 41.4 Å². The van der Waals surface area contributed by atoms with Crippen molar-refractivity contribution < 1.29 is 9.59 Å². The van der Waals surface area contributed by atoms with E-state index in [1.165, 1.54) is 0 Å². The number of amides is 2. The molecular formula is C17H20N4O2. The molecule has 23 heavy (non-hydrogen) atoms. The van der Waals surface area contributed by atoms with Crippen LogP contribution in [0.2, 0.25) is 0 Å². The summed E-state index contributed by atoms with van der Waals surface area (Å²) in [5.41, 5.74) is 7.26. The summed E-state index contributed by atoms with van der Waals surface area (Å²) in [6, 6.07) is 9.67. The number of primary amides is 1. The summed E-state index contributed by atoms with van der Waals surface area (Å²) in [4.78, 5) is 25.3. The Hall–Kier alpha value is -2.63. The van der Waals surface area contributed by atoms with Gasteiger partial charge in [0.05, 0.1) is 12.1 Å². The third-order valence-electron chi connectivity index (χ3n) is 4.31. The second-order valence-electron chi connectivity index (χ2n) is 5.85. The minimum Gasteiger partial charge on any atom is -0.369 e. The maximum absolute atomic E-state index is 12.3. The van der Waals surface area contributed by atoms with Crippen molar-refractivity contribution in [3.63, 3.8) is 0 Å². The molecule has 1 aliphatic rings. The fourth-order valence-electron chi connectivity index (χ4n) is 2.89. The molecule has 0 unspecified atom stereocenters. The zero-order chi connectivity index (χ0) is 16.2. The lowest BCUT2D eigenvalue weighted by atomic mass is 9.96. The number of rotatable bonds is 4. The number of hydrogen-bond acceptors (Lipinski definition) is 3. The molecule has 0 radical (unpaired) electrons. The highest BCUT2D eigenvalue weighted by Gasteiger charge is 2.25. The van der Waals surface area contributed by atoms with Gasteiger partial charge in [-0.15, -0.1) is 0 Å². The third kappa shape index (κ3) is 3.59. The van der Waals surface area contributed by atoms with Crippen LogP contribution in [0.5, 0.6) is 0 Å². The van der Waals surface area contributed by atoms with Gasteiger partial charge in [0, 0.05) is 31.4 Å². The Morgan fingerprint density at radius 2 is 1.87 bits per heavy atom. The summed E-state index contributed by atoms with van der Waals surface area (Å²) in [5, 5.41) is 4.18. The summed E-state index contributed by atoms with van der Waals surface area (Å²) in [7, 11) is 0. The van der Waals surface area contributed by atoms with Gasteiger partial charge < -0.3 is 10.6 Å². The van der Waals surface area contributed by atoms with Crippen LogP contribution in [0.15, 0.2) is 42.7 Å². The number of benzene rings is 1. The summed E-state index contributed by atoms with van der Waals surface area (Å²) in [5.74, 6) is -0.251. The molecule has 1 saturated heterocycles. The van der Waals surface area contributed by atoms with E-state index in [2.05, 4.69) is 5.10 Å². The quantitative estimate of drug-likeness (QED) is 0.919. The topological polar surface area (TPSA) is 81.2 Å². The standard InChI is InChI=1S/C17H20N4O2/c18-17(23)14-6-10-20(11-7-14)16(22)12-13-2-4-15(5-3-13)21-9-1-8-19-21/h1-5,8-9,14H,6-7,10-12H2,(H2,18,23). The van der Waals surface area contributed by atoms with Crippen LogP contribution < -0.4 is 5.73 Å². The number of carbonyl (C=O) groups is 2. The van der Waals surface area contributed by atoms with Gasteiger partial charge in [0.2, 0.25) is 11.8 Å². The molecule has 120 valence electrons. The molecule has 2 aromatic rings. The molecule has 1 aromatic carbocycles. The summed E-state index contributed by atoms with van der Waals surface area (Å²) >= 11 is 0. The van der Waals surface area contributed by atoms with Gasteiger partial charge in [-0.05, 0) is 36.6 Å². The zero-order valence-electron chi connectivity index (χ0n) is 12.9. The number of piperidine rings is 1. The van der Waals surface area contributed by atoms with Gasteiger partial charge in [-0.25, -0.2) is 4.68 Å². The predicted molar refractivity (Wildman–Crippen MR) is 85.8 cm³/mol. The second kappa shape index (κ2) is 6.64. The van der Waals surface area contributed by atoms with Gasteiger partial charge in [-0.2, -0.15) is 5.10 Å². The molecule has 2 amide bonds. The maximum atomic E-state index is 12.3. The molecule has 2 heterocycles. The first kappa shape index (κ1) is 15.3. The lowest BCUT2D eigenvalue weighted by Crippen LogP contribution is -2.42. The molecule has 0 saturated carbocycles. The van der Waals surface area contributed by atoms with E-state index in [0.29, 0.717) is 32.4 Å². The number of nitrogens with two attached hydrogens (primary N) is 1. The van der Waals surface area contributed by atoms with Crippen molar-refractivity contribution in [1.82, 2.24) is 14.7 Å². The lowest BCUT2D eigenvalue weighted by Gasteiger charge is -2.30. The van der Waals surface area contributed by atoms with E-state index in [4.69, 9.17) is 5.73 Å². The van der Waals surface area contributed by atoms with Crippen LogP contribution in [0.3, 0.4) is 0 Å². The van der Waals surface area contributed by atoms with Gasteiger partial charge in [-0.1, -0.05) is 12.1 Å². The minimum atomic E-state index is -0.258. The van der Waals surface area contributed by atoms with Crippen LogP contribution >= 0.6 is 0 Å². The average Bonchev–Trinajstić information content (AvgIpc) is 3.10. The zero-order valence-corrected chi connectivity index (χ0v) is 12.9. The SMILES string of the molecule is NC(=O)C1CCN(C(=O)Cc2ccc(-n3cccn3)cc2)CC1. The predicted octanol–water partition coefficient (Wildman–Crippen LogP) is 1.14. The molecule has 1 aromatic heterocycles. The second-order valence-corrected chi connectivity index (χ2v) is 5.85. The first-order chi connectivity index (χ1) is 11.1. The summed E-state index contributed by atoms with van der Waals surface area (Å²) in [6.07, 6.45) is 5.31.